The third-order valence-corrected chi connectivity index (χ3v) is 7.38. The Kier molecular flexibility index (Phi) is 7.36. The topological polar surface area (TPSA) is 79.8 Å². The SMILES string of the molecule is CC(C)(C)c1nc(-c2cccc(NC(=O)c3c(F)cccc3F)c2F)c(-c2ccnc(Nc3ccccc3)n2)s1. The van der Waals surface area contributed by atoms with E-state index < -0.39 is 28.9 Å². The normalized spacial score (nSPS) is 11.3. The van der Waals surface area contributed by atoms with Crippen LogP contribution in [0.2, 0.25) is 0 Å². The Morgan fingerprint density at radius 1 is 0.850 bits per heavy atom. The van der Waals surface area contributed by atoms with E-state index in [0.29, 0.717) is 22.2 Å². The van der Waals surface area contributed by atoms with Gasteiger partial charge in [0.25, 0.3) is 5.91 Å². The molecule has 0 aliphatic rings. The average molecular weight is 560 g/mol. The Hall–Kier alpha value is -4.57. The van der Waals surface area contributed by atoms with Gasteiger partial charge in [0, 0.05) is 22.9 Å². The van der Waals surface area contributed by atoms with Gasteiger partial charge in [0.05, 0.1) is 27.0 Å². The second-order valence-electron chi connectivity index (χ2n) is 9.92. The Labute approximate surface area is 233 Å². The van der Waals surface area contributed by atoms with Gasteiger partial charge in [-0.15, -0.1) is 11.3 Å². The Balaban J connectivity index is 1.56. The largest absolute Gasteiger partial charge is 0.324 e. The van der Waals surface area contributed by atoms with Gasteiger partial charge in [0.2, 0.25) is 5.95 Å². The highest BCUT2D eigenvalue weighted by Gasteiger charge is 2.27. The number of thiazole rings is 1. The number of para-hydroxylation sites is 1. The molecule has 0 unspecified atom stereocenters. The molecule has 2 aromatic heterocycles. The van der Waals surface area contributed by atoms with Crippen molar-refractivity contribution in [1.29, 1.82) is 0 Å². The number of anilines is 3. The van der Waals surface area contributed by atoms with E-state index in [-0.39, 0.29) is 16.7 Å². The Morgan fingerprint density at radius 3 is 2.25 bits per heavy atom. The van der Waals surface area contributed by atoms with E-state index in [4.69, 9.17) is 4.98 Å². The van der Waals surface area contributed by atoms with E-state index in [1.54, 1.807) is 12.3 Å². The van der Waals surface area contributed by atoms with Crippen LogP contribution in [0.25, 0.3) is 21.8 Å². The maximum Gasteiger partial charge on any atom is 0.261 e. The predicted molar refractivity (Wildman–Crippen MR) is 151 cm³/mol. The van der Waals surface area contributed by atoms with Crippen LogP contribution < -0.4 is 10.6 Å². The number of rotatable bonds is 6. The van der Waals surface area contributed by atoms with Gasteiger partial charge in [-0.25, -0.2) is 28.1 Å². The number of carbonyl (C=O) groups excluding carboxylic acids is 1. The highest BCUT2D eigenvalue weighted by Crippen LogP contribution is 2.42. The summed E-state index contributed by atoms with van der Waals surface area (Å²) in [6.45, 7) is 5.99. The molecule has 40 heavy (non-hydrogen) atoms. The van der Waals surface area contributed by atoms with Gasteiger partial charge < -0.3 is 10.6 Å². The standard InChI is InChI=1S/C30H24F3N5OS/c1-30(2,3)28-38-25(26(40-28)22-15-16-34-29(37-22)35-17-9-5-4-6-10-17)18-11-7-14-21(24(18)33)36-27(39)23-19(31)12-8-13-20(23)32/h4-16H,1-3H3,(H,36,39)(H,34,35,37). The fourth-order valence-corrected chi connectivity index (χ4v) is 5.01. The van der Waals surface area contributed by atoms with Crippen LogP contribution in [-0.2, 0) is 5.41 Å². The van der Waals surface area contributed by atoms with Gasteiger partial charge in [0.1, 0.15) is 17.2 Å². The van der Waals surface area contributed by atoms with Crippen molar-refractivity contribution in [2.24, 2.45) is 0 Å². The monoisotopic (exact) mass is 559 g/mol. The van der Waals surface area contributed by atoms with Crippen molar-refractivity contribution in [3.8, 4) is 21.8 Å². The first kappa shape index (κ1) is 27.0. The number of halogens is 3. The van der Waals surface area contributed by atoms with Gasteiger partial charge in [-0.05, 0) is 42.5 Å². The third kappa shape index (κ3) is 5.57. The second kappa shape index (κ2) is 10.9. The summed E-state index contributed by atoms with van der Waals surface area (Å²) in [7, 11) is 0. The van der Waals surface area contributed by atoms with Crippen LogP contribution in [0.3, 0.4) is 0 Å². The first-order valence-corrected chi connectivity index (χ1v) is 13.1. The lowest BCUT2D eigenvalue weighted by Gasteiger charge is -2.13. The van der Waals surface area contributed by atoms with Crippen LogP contribution in [0.1, 0.15) is 36.1 Å². The molecule has 0 atom stereocenters. The minimum Gasteiger partial charge on any atom is -0.324 e. The maximum atomic E-state index is 15.9. The van der Waals surface area contributed by atoms with Crippen LogP contribution in [0.5, 0.6) is 0 Å². The third-order valence-electron chi connectivity index (χ3n) is 5.88. The van der Waals surface area contributed by atoms with Crippen molar-refractivity contribution in [2.45, 2.75) is 26.2 Å². The lowest BCUT2D eigenvalue weighted by molar-refractivity contribution is 0.101. The molecule has 5 rings (SSSR count). The molecule has 0 fully saturated rings. The van der Waals surface area contributed by atoms with E-state index in [1.165, 1.54) is 29.5 Å². The number of amides is 1. The summed E-state index contributed by atoms with van der Waals surface area (Å²) in [4.78, 5) is 27.0. The number of hydrogen-bond donors (Lipinski definition) is 2. The zero-order valence-corrected chi connectivity index (χ0v) is 22.6. The Bertz CT molecular complexity index is 1680. The molecule has 0 radical (unpaired) electrons. The molecule has 0 saturated heterocycles. The first-order chi connectivity index (χ1) is 19.1. The van der Waals surface area contributed by atoms with Gasteiger partial charge >= 0.3 is 0 Å². The Morgan fingerprint density at radius 2 is 1.55 bits per heavy atom. The molecule has 0 aliphatic heterocycles. The van der Waals surface area contributed by atoms with Gasteiger partial charge in [-0.1, -0.05) is 51.1 Å². The molecule has 3 aromatic carbocycles. The zero-order chi connectivity index (χ0) is 28.4. The van der Waals surface area contributed by atoms with Crippen LogP contribution in [0, 0.1) is 17.5 Å². The van der Waals surface area contributed by atoms with Gasteiger partial charge in [0.15, 0.2) is 5.82 Å². The number of aromatic nitrogens is 3. The highest BCUT2D eigenvalue weighted by molar-refractivity contribution is 7.15. The van der Waals surface area contributed by atoms with Gasteiger partial charge in [-0.2, -0.15) is 0 Å². The summed E-state index contributed by atoms with van der Waals surface area (Å²) in [6.07, 6.45) is 1.60. The molecule has 0 saturated carbocycles. The van der Waals surface area contributed by atoms with Crippen molar-refractivity contribution in [2.75, 3.05) is 10.6 Å². The van der Waals surface area contributed by atoms with Crippen molar-refractivity contribution >= 4 is 34.6 Å². The molecule has 2 N–H and O–H groups in total. The molecule has 202 valence electrons. The minimum atomic E-state index is -1.10. The van der Waals surface area contributed by atoms with E-state index in [0.717, 1.165) is 28.9 Å². The lowest BCUT2D eigenvalue weighted by Crippen LogP contribution is -2.17. The van der Waals surface area contributed by atoms with E-state index in [2.05, 4.69) is 20.6 Å². The number of carbonyl (C=O) groups is 1. The molecule has 0 bridgehead atoms. The predicted octanol–water partition coefficient (Wildman–Crippen LogP) is 7.98. The summed E-state index contributed by atoms with van der Waals surface area (Å²) in [6, 6.07) is 18.6. The van der Waals surface area contributed by atoms with Crippen LogP contribution in [0.4, 0.5) is 30.5 Å². The van der Waals surface area contributed by atoms with E-state index in [1.807, 2.05) is 51.1 Å². The first-order valence-electron chi connectivity index (χ1n) is 12.3. The zero-order valence-electron chi connectivity index (χ0n) is 21.8. The number of benzene rings is 3. The smallest absolute Gasteiger partial charge is 0.261 e. The summed E-state index contributed by atoms with van der Waals surface area (Å²) in [5.74, 6) is -3.64. The number of nitrogens with one attached hydrogen (secondary N) is 2. The number of nitrogens with zero attached hydrogens (tertiary/aromatic N) is 3. The van der Waals surface area contributed by atoms with Crippen molar-refractivity contribution < 1.29 is 18.0 Å². The second-order valence-corrected chi connectivity index (χ2v) is 10.9. The molecule has 5 aromatic rings. The van der Waals surface area contributed by atoms with Crippen molar-refractivity contribution in [3.63, 3.8) is 0 Å². The molecule has 0 spiro atoms. The molecule has 10 heteroatoms. The summed E-state index contributed by atoms with van der Waals surface area (Å²) in [5.41, 5.74) is 0.376. The van der Waals surface area contributed by atoms with Crippen LogP contribution in [0.15, 0.2) is 79.0 Å². The van der Waals surface area contributed by atoms with Crippen LogP contribution >= 0.6 is 11.3 Å². The summed E-state index contributed by atoms with van der Waals surface area (Å²) >= 11 is 1.38. The quantitative estimate of drug-likeness (QED) is 0.221. The summed E-state index contributed by atoms with van der Waals surface area (Å²) < 4.78 is 44.2. The molecular formula is C30H24F3N5OS. The molecule has 6 nitrogen and oxygen atoms in total. The minimum absolute atomic E-state index is 0.102. The molecule has 1 amide bonds. The molecular weight excluding hydrogens is 535 g/mol. The maximum absolute atomic E-state index is 15.9. The van der Waals surface area contributed by atoms with E-state index in [9.17, 15) is 13.6 Å². The fourth-order valence-electron chi connectivity index (χ4n) is 3.90. The van der Waals surface area contributed by atoms with Crippen molar-refractivity contribution in [1.82, 2.24) is 15.0 Å². The summed E-state index contributed by atoms with van der Waals surface area (Å²) in [5, 5.41) is 6.20. The van der Waals surface area contributed by atoms with Crippen LogP contribution in [-0.4, -0.2) is 20.9 Å². The number of hydrogen-bond acceptors (Lipinski definition) is 6. The fraction of sp³-hybridized carbons (Fsp3) is 0.133. The lowest BCUT2D eigenvalue weighted by atomic mass is 9.98. The van der Waals surface area contributed by atoms with Gasteiger partial charge in [-0.3, -0.25) is 4.79 Å². The van der Waals surface area contributed by atoms with E-state index >= 15 is 4.39 Å². The van der Waals surface area contributed by atoms with Crippen molar-refractivity contribution in [3.05, 3.63) is 107 Å². The molecule has 2 heterocycles. The average Bonchev–Trinajstić information content (AvgIpc) is 3.37. The highest BCUT2D eigenvalue weighted by atomic mass is 32.1. The molecule has 0 aliphatic carbocycles.